The van der Waals surface area contributed by atoms with E-state index in [0.717, 1.165) is 18.4 Å². The predicted molar refractivity (Wildman–Crippen MR) is 64.1 cm³/mol. The number of benzene rings is 1. The van der Waals surface area contributed by atoms with Crippen molar-refractivity contribution in [2.45, 2.75) is 25.4 Å². The van der Waals surface area contributed by atoms with Gasteiger partial charge < -0.3 is 0 Å². The van der Waals surface area contributed by atoms with Gasteiger partial charge in [-0.3, -0.25) is 0 Å². The summed E-state index contributed by atoms with van der Waals surface area (Å²) in [4.78, 5) is 0. The zero-order valence-corrected chi connectivity index (χ0v) is 11.1. The fraction of sp³-hybridized carbons (Fsp3) is 0.500. The first kappa shape index (κ1) is 15.9. The van der Waals surface area contributed by atoms with Crippen molar-refractivity contribution in [2.24, 2.45) is 0 Å². The van der Waals surface area contributed by atoms with Gasteiger partial charge in [0.25, 0.3) is 0 Å². The molecule has 0 radical (unpaired) electrons. The Morgan fingerprint density at radius 1 is 1.16 bits per heavy atom. The molecular weight excluding hydrogens is 284 g/mol. The summed E-state index contributed by atoms with van der Waals surface area (Å²) >= 11 is 0. The van der Waals surface area contributed by atoms with E-state index < -0.39 is 27.4 Å². The largest absolute Gasteiger partial charge is 0.419 e. The lowest BCUT2D eigenvalue weighted by Gasteiger charge is -2.10. The standard InChI is InChI=1S/C12H14F4O2S/c1-19(17,18)7-3-2-4-9-5-6-11(13)10(8-9)12(14,15)16/h5-6,8H,2-4,7H2,1H3. The number of aryl methyl sites for hydroxylation is 1. The van der Waals surface area contributed by atoms with Crippen LogP contribution in [-0.4, -0.2) is 20.4 Å². The normalized spacial score (nSPS) is 12.7. The van der Waals surface area contributed by atoms with E-state index in [1.807, 2.05) is 0 Å². The maximum atomic E-state index is 13.0. The van der Waals surface area contributed by atoms with Crippen LogP contribution in [-0.2, 0) is 22.4 Å². The molecule has 2 nitrogen and oxygen atoms in total. The smallest absolute Gasteiger partial charge is 0.229 e. The number of hydrogen-bond donors (Lipinski definition) is 0. The molecule has 0 heterocycles. The molecule has 0 spiro atoms. The Morgan fingerprint density at radius 2 is 1.79 bits per heavy atom. The first-order chi connectivity index (χ1) is 8.59. The second-order valence-corrected chi connectivity index (χ2v) is 6.66. The van der Waals surface area contributed by atoms with Crippen LogP contribution in [0.4, 0.5) is 17.6 Å². The molecule has 0 aliphatic heterocycles. The van der Waals surface area contributed by atoms with E-state index in [1.54, 1.807) is 0 Å². The van der Waals surface area contributed by atoms with Crippen LogP contribution in [0.3, 0.4) is 0 Å². The van der Waals surface area contributed by atoms with Gasteiger partial charge in [-0.25, -0.2) is 12.8 Å². The third kappa shape index (κ3) is 5.59. The topological polar surface area (TPSA) is 34.1 Å². The summed E-state index contributed by atoms with van der Waals surface area (Å²) in [6.07, 6.45) is -2.51. The van der Waals surface area contributed by atoms with Crippen molar-refractivity contribution >= 4 is 9.84 Å². The third-order valence-corrected chi connectivity index (χ3v) is 3.60. The number of sulfone groups is 1. The highest BCUT2D eigenvalue weighted by Crippen LogP contribution is 2.32. The summed E-state index contributed by atoms with van der Waals surface area (Å²) in [5.74, 6) is -1.30. The summed E-state index contributed by atoms with van der Waals surface area (Å²) in [6, 6.07) is 2.84. The van der Waals surface area contributed by atoms with Gasteiger partial charge in [-0.05, 0) is 37.0 Å². The number of alkyl halides is 3. The van der Waals surface area contributed by atoms with E-state index in [0.29, 0.717) is 24.8 Å². The second kappa shape index (κ2) is 5.90. The fourth-order valence-electron chi connectivity index (χ4n) is 1.64. The van der Waals surface area contributed by atoms with E-state index >= 15 is 0 Å². The first-order valence-corrected chi connectivity index (χ1v) is 7.69. The van der Waals surface area contributed by atoms with Crippen LogP contribution >= 0.6 is 0 Å². The van der Waals surface area contributed by atoms with Crippen LogP contribution in [0.5, 0.6) is 0 Å². The van der Waals surface area contributed by atoms with Crippen LogP contribution in [0.15, 0.2) is 18.2 Å². The number of hydrogen-bond acceptors (Lipinski definition) is 2. The van der Waals surface area contributed by atoms with Crippen molar-refractivity contribution in [1.82, 2.24) is 0 Å². The van der Waals surface area contributed by atoms with Crippen LogP contribution in [0, 0.1) is 5.82 Å². The fourth-order valence-corrected chi connectivity index (χ4v) is 2.37. The Balaban J connectivity index is 2.66. The third-order valence-electron chi connectivity index (χ3n) is 2.57. The lowest BCUT2D eigenvalue weighted by atomic mass is 10.0. The number of rotatable bonds is 5. The van der Waals surface area contributed by atoms with Gasteiger partial charge >= 0.3 is 6.18 Å². The maximum absolute atomic E-state index is 13.0. The lowest BCUT2D eigenvalue weighted by molar-refractivity contribution is -0.140. The Labute approximate surface area is 109 Å². The van der Waals surface area contributed by atoms with Crippen molar-refractivity contribution in [3.63, 3.8) is 0 Å². The molecule has 0 saturated heterocycles. The van der Waals surface area contributed by atoms with E-state index in [4.69, 9.17) is 0 Å². The summed E-state index contributed by atoms with van der Waals surface area (Å²) in [7, 11) is -3.06. The number of unbranched alkanes of at least 4 members (excludes halogenated alkanes) is 1. The van der Waals surface area contributed by atoms with Crippen molar-refractivity contribution in [1.29, 1.82) is 0 Å². The molecule has 1 aromatic carbocycles. The molecule has 0 saturated carbocycles. The minimum Gasteiger partial charge on any atom is -0.229 e. The predicted octanol–water partition coefficient (Wildman–Crippen LogP) is 3.21. The molecular formula is C12H14F4O2S. The molecule has 0 N–H and O–H groups in total. The van der Waals surface area contributed by atoms with E-state index in [9.17, 15) is 26.0 Å². The second-order valence-electron chi connectivity index (χ2n) is 4.40. The van der Waals surface area contributed by atoms with Crippen molar-refractivity contribution in [3.8, 4) is 0 Å². The summed E-state index contributed by atoms with van der Waals surface area (Å²) < 4.78 is 72.1. The Kier molecular flexibility index (Phi) is 4.95. The zero-order chi connectivity index (χ0) is 14.7. The van der Waals surface area contributed by atoms with Crippen molar-refractivity contribution < 1.29 is 26.0 Å². The molecule has 0 aromatic heterocycles. The van der Waals surface area contributed by atoms with Crippen LogP contribution in [0.2, 0.25) is 0 Å². The number of halogens is 4. The van der Waals surface area contributed by atoms with Gasteiger partial charge in [0, 0.05) is 12.0 Å². The lowest BCUT2D eigenvalue weighted by Crippen LogP contribution is -2.09. The van der Waals surface area contributed by atoms with Crippen LogP contribution < -0.4 is 0 Å². The molecule has 0 fully saturated rings. The highest BCUT2D eigenvalue weighted by molar-refractivity contribution is 7.90. The summed E-state index contributed by atoms with van der Waals surface area (Å²) in [5, 5.41) is 0. The van der Waals surface area contributed by atoms with Gasteiger partial charge in [0.05, 0.1) is 5.56 Å². The average molecular weight is 298 g/mol. The van der Waals surface area contributed by atoms with E-state index in [2.05, 4.69) is 0 Å². The van der Waals surface area contributed by atoms with E-state index in [1.165, 1.54) is 6.07 Å². The van der Waals surface area contributed by atoms with Gasteiger partial charge in [0.15, 0.2) is 0 Å². The van der Waals surface area contributed by atoms with Crippen LogP contribution in [0.25, 0.3) is 0 Å². The molecule has 0 unspecified atom stereocenters. The quantitative estimate of drug-likeness (QED) is 0.618. The zero-order valence-electron chi connectivity index (χ0n) is 10.3. The SMILES string of the molecule is CS(=O)(=O)CCCCc1ccc(F)c(C(F)(F)F)c1. The van der Waals surface area contributed by atoms with Crippen LogP contribution in [0.1, 0.15) is 24.0 Å². The first-order valence-electron chi connectivity index (χ1n) is 5.63. The molecule has 108 valence electrons. The minimum absolute atomic E-state index is 0.000320. The highest BCUT2D eigenvalue weighted by Gasteiger charge is 2.34. The molecule has 0 bridgehead atoms. The molecule has 1 aromatic rings. The molecule has 0 aliphatic rings. The molecule has 0 atom stereocenters. The summed E-state index contributed by atoms with van der Waals surface area (Å²) in [5.41, 5.74) is -0.935. The highest BCUT2D eigenvalue weighted by atomic mass is 32.2. The van der Waals surface area contributed by atoms with E-state index in [-0.39, 0.29) is 5.75 Å². The monoisotopic (exact) mass is 298 g/mol. The Morgan fingerprint density at radius 3 is 2.32 bits per heavy atom. The Bertz CT molecular complexity index is 535. The van der Waals surface area contributed by atoms with Crippen molar-refractivity contribution in [3.05, 3.63) is 35.1 Å². The van der Waals surface area contributed by atoms with Gasteiger partial charge in [0.1, 0.15) is 15.7 Å². The molecule has 1 rings (SSSR count). The summed E-state index contributed by atoms with van der Waals surface area (Å²) in [6.45, 7) is 0. The van der Waals surface area contributed by atoms with Gasteiger partial charge in [0.2, 0.25) is 0 Å². The average Bonchev–Trinajstić information content (AvgIpc) is 2.23. The van der Waals surface area contributed by atoms with Crippen molar-refractivity contribution in [2.75, 3.05) is 12.0 Å². The van der Waals surface area contributed by atoms with Gasteiger partial charge in [-0.15, -0.1) is 0 Å². The molecule has 19 heavy (non-hydrogen) atoms. The maximum Gasteiger partial charge on any atom is 0.419 e. The Hall–Kier alpha value is -1.11. The van der Waals surface area contributed by atoms with Gasteiger partial charge in [-0.1, -0.05) is 6.07 Å². The molecule has 7 heteroatoms. The van der Waals surface area contributed by atoms with Gasteiger partial charge in [-0.2, -0.15) is 13.2 Å². The molecule has 0 aliphatic carbocycles. The minimum atomic E-state index is -4.72. The molecule has 0 amide bonds.